The van der Waals surface area contributed by atoms with E-state index >= 15 is 0 Å². The third-order valence-electron chi connectivity index (χ3n) is 3.38. The maximum atomic E-state index is 12.6. The van der Waals surface area contributed by atoms with Gasteiger partial charge in [-0.2, -0.15) is 0 Å². The van der Waals surface area contributed by atoms with E-state index < -0.39 is 23.7 Å². The van der Waals surface area contributed by atoms with E-state index in [0.29, 0.717) is 25.3 Å². The molecule has 2 N–H and O–H groups in total. The first-order valence-corrected chi connectivity index (χ1v) is 7.32. The Morgan fingerprint density at radius 2 is 2.04 bits per heavy atom. The van der Waals surface area contributed by atoms with E-state index in [1.165, 1.54) is 10.9 Å². The van der Waals surface area contributed by atoms with Crippen molar-refractivity contribution >= 4 is 17.1 Å². The van der Waals surface area contributed by atoms with Gasteiger partial charge in [0.2, 0.25) is 5.91 Å². The summed E-state index contributed by atoms with van der Waals surface area (Å²) in [5, 5.41) is 0. The highest BCUT2D eigenvalue weighted by Gasteiger charge is 2.19. The number of primary amides is 1. The largest absolute Gasteiger partial charge is 0.383 e. The molecule has 2 aromatic heterocycles. The van der Waals surface area contributed by atoms with Gasteiger partial charge in [-0.3, -0.25) is 14.2 Å². The summed E-state index contributed by atoms with van der Waals surface area (Å²) in [6, 6.07) is 0. The molecule has 0 fully saturated rings. The van der Waals surface area contributed by atoms with Crippen molar-refractivity contribution in [2.45, 2.75) is 33.5 Å². The number of methoxy groups -OCH3 is 1. The molecule has 126 valence electrons. The fraction of sp³-hybridized carbons (Fsp3) is 0.571. The van der Waals surface area contributed by atoms with Crippen LogP contribution in [0.15, 0.2) is 15.9 Å². The summed E-state index contributed by atoms with van der Waals surface area (Å²) >= 11 is 0. The number of hydrogen-bond acceptors (Lipinski definition) is 5. The van der Waals surface area contributed by atoms with Gasteiger partial charge in [0.05, 0.1) is 12.9 Å². The normalized spacial score (nSPS) is 11.5. The van der Waals surface area contributed by atoms with Crippen LogP contribution in [-0.4, -0.2) is 38.3 Å². The average Bonchev–Trinajstić information content (AvgIpc) is 2.89. The lowest BCUT2D eigenvalue weighted by Crippen LogP contribution is -2.43. The van der Waals surface area contributed by atoms with Gasteiger partial charge in [-0.1, -0.05) is 13.8 Å². The van der Waals surface area contributed by atoms with E-state index in [-0.39, 0.29) is 11.4 Å². The number of aromatic nitrogens is 4. The number of imidazole rings is 1. The molecule has 0 saturated heterocycles. The molecule has 0 atom stereocenters. The lowest BCUT2D eigenvalue weighted by atomic mass is 10.2. The average molecular weight is 323 g/mol. The molecule has 0 radical (unpaired) electrons. The van der Waals surface area contributed by atoms with Gasteiger partial charge in [0.1, 0.15) is 6.54 Å². The summed E-state index contributed by atoms with van der Waals surface area (Å²) in [5.41, 5.74) is 4.59. The van der Waals surface area contributed by atoms with E-state index in [1.54, 1.807) is 11.7 Å². The molecule has 0 bridgehead atoms. The number of rotatable bonds is 7. The van der Waals surface area contributed by atoms with Crippen LogP contribution in [0, 0.1) is 5.92 Å². The van der Waals surface area contributed by atoms with Crippen LogP contribution in [0.2, 0.25) is 0 Å². The second-order valence-electron chi connectivity index (χ2n) is 5.75. The van der Waals surface area contributed by atoms with Crippen LogP contribution in [0.4, 0.5) is 0 Å². The van der Waals surface area contributed by atoms with Crippen molar-refractivity contribution in [3.63, 3.8) is 0 Å². The van der Waals surface area contributed by atoms with Crippen LogP contribution >= 0.6 is 0 Å². The van der Waals surface area contributed by atoms with Gasteiger partial charge in [0, 0.05) is 20.2 Å². The molecule has 0 aromatic carbocycles. The predicted octanol–water partition coefficient (Wildman–Crippen LogP) is -0.853. The molecule has 0 saturated carbocycles. The molecule has 9 heteroatoms. The Kier molecular flexibility index (Phi) is 4.99. The molecule has 1 amide bonds. The highest BCUT2D eigenvalue weighted by Crippen LogP contribution is 2.09. The Bertz CT molecular complexity index is 830. The van der Waals surface area contributed by atoms with Gasteiger partial charge >= 0.3 is 5.69 Å². The van der Waals surface area contributed by atoms with Crippen LogP contribution in [0.5, 0.6) is 0 Å². The van der Waals surface area contributed by atoms with Gasteiger partial charge in [-0.15, -0.1) is 0 Å². The van der Waals surface area contributed by atoms with E-state index in [1.807, 2.05) is 13.8 Å². The Labute approximate surface area is 132 Å². The molecule has 2 heterocycles. The lowest BCUT2D eigenvalue weighted by molar-refractivity contribution is -0.118. The van der Waals surface area contributed by atoms with Gasteiger partial charge in [0.15, 0.2) is 11.2 Å². The summed E-state index contributed by atoms with van der Waals surface area (Å²) in [4.78, 5) is 40.6. The molecule has 0 aliphatic rings. The molecule has 0 spiro atoms. The molecule has 0 unspecified atom stereocenters. The molecule has 9 nitrogen and oxygen atoms in total. The zero-order chi connectivity index (χ0) is 17.1. The standard InChI is InChI=1S/C14H21N5O4/c1-9(2)6-18-12-11(17(8-16-12)4-5-23-3)13(21)19(14(18)22)7-10(15)20/h8-9H,4-7H2,1-3H3,(H2,15,20). The van der Waals surface area contributed by atoms with Crippen molar-refractivity contribution in [3.05, 3.63) is 27.2 Å². The molecule has 0 aliphatic heterocycles. The van der Waals surface area contributed by atoms with E-state index in [2.05, 4.69) is 4.98 Å². The number of hydrogen-bond donors (Lipinski definition) is 1. The first-order chi connectivity index (χ1) is 10.9. The Morgan fingerprint density at radius 1 is 1.35 bits per heavy atom. The monoisotopic (exact) mass is 323 g/mol. The van der Waals surface area contributed by atoms with Crippen molar-refractivity contribution < 1.29 is 9.53 Å². The summed E-state index contributed by atoms with van der Waals surface area (Å²) in [5.74, 6) is -0.581. The van der Waals surface area contributed by atoms with Gasteiger partial charge in [-0.25, -0.2) is 14.3 Å². The molecule has 2 rings (SSSR count). The second-order valence-corrected chi connectivity index (χ2v) is 5.75. The number of nitrogens with two attached hydrogens (primary N) is 1. The smallest absolute Gasteiger partial charge is 0.333 e. The van der Waals surface area contributed by atoms with E-state index in [4.69, 9.17) is 10.5 Å². The third kappa shape index (κ3) is 3.34. The minimum absolute atomic E-state index is 0.166. The Balaban J connectivity index is 2.76. The number of carbonyl (C=O) groups excluding carboxylic acids is 1. The summed E-state index contributed by atoms with van der Waals surface area (Å²) < 4.78 is 8.91. The minimum Gasteiger partial charge on any atom is -0.383 e. The zero-order valence-electron chi connectivity index (χ0n) is 13.5. The summed E-state index contributed by atoms with van der Waals surface area (Å²) in [6.45, 7) is 4.63. The molecular formula is C14H21N5O4. The quantitative estimate of drug-likeness (QED) is 0.712. The first kappa shape index (κ1) is 16.9. The van der Waals surface area contributed by atoms with Crippen LogP contribution in [0.1, 0.15) is 13.8 Å². The summed E-state index contributed by atoms with van der Waals surface area (Å²) in [7, 11) is 1.55. The molecule has 2 aromatic rings. The summed E-state index contributed by atoms with van der Waals surface area (Å²) in [6.07, 6.45) is 1.50. The number of ether oxygens (including phenoxy) is 1. The SMILES string of the molecule is COCCn1cnc2c1c(=O)n(CC(N)=O)c(=O)n2CC(C)C. The lowest BCUT2D eigenvalue weighted by Gasteiger charge is -2.13. The highest BCUT2D eigenvalue weighted by atomic mass is 16.5. The van der Waals surface area contributed by atoms with Crippen LogP contribution < -0.4 is 17.0 Å². The molecule has 0 aliphatic carbocycles. The van der Waals surface area contributed by atoms with E-state index in [9.17, 15) is 14.4 Å². The van der Waals surface area contributed by atoms with Crippen LogP contribution in [0.25, 0.3) is 11.2 Å². The van der Waals surface area contributed by atoms with Gasteiger partial charge in [0.25, 0.3) is 5.56 Å². The topological polar surface area (TPSA) is 114 Å². The molecule has 23 heavy (non-hydrogen) atoms. The second kappa shape index (κ2) is 6.78. The first-order valence-electron chi connectivity index (χ1n) is 7.32. The number of fused-ring (bicyclic) bond motifs is 1. The fourth-order valence-corrected chi connectivity index (χ4v) is 2.42. The fourth-order valence-electron chi connectivity index (χ4n) is 2.42. The number of carbonyl (C=O) groups is 1. The maximum absolute atomic E-state index is 12.6. The van der Waals surface area contributed by atoms with Gasteiger partial charge < -0.3 is 15.0 Å². The molecular weight excluding hydrogens is 302 g/mol. The van der Waals surface area contributed by atoms with Crippen molar-refractivity contribution in [1.29, 1.82) is 0 Å². The Morgan fingerprint density at radius 3 is 2.61 bits per heavy atom. The van der Waals surface area contributed by atoms with Crippen LogP contribution in [0.3, 0.4) is 0 Å². The van der Waals surface area contributed by atoms with Crippen molar-refractivity contribution in [2.75, 3.05) is 13.7 Å². The predicted molar refractivity (Wildman–Crippen MR) is 84.2 cm³/mol. The third-order valence-corrected chi connectivity index (χ3v) is 3.38. The number of amides is 1. The van der Waals surface area contributed by atoms with Gasteiger partial charge in [-0.05, 0) is 5.92 Å². The van der Waals surface area contributed by atoms with Crippen molar-refractivity contribution in [1.82, 2.24) is 18.7 Å². The van der Waals surface area contributed by atoms with Crippen LogP contribution in [-0.2, 0) is 29.2 Å². The van der Waals surface area contributed by atoms with Crippen molar-refractivity contribution in [3.8, 4) is 0 Å². The Hall–Kier alpha value is -2.42. The van der Waals surface area contributed by atoms with Crippen molar-refractivity contribution in [2.24, 2.45) is 11.7 Å². The zero-order valence-corrected chi connectivity index (χ0v) is 13.5. The van der Waals surface area contributed by atoms with E-state index in [0.717, 1.165) is 4.57 Å². The maximum Gasteiger partial charge on any atom is 0.333 e. The highest BCUT2D eigenvalue weighted by molar-refractivity contribution is 5.74. The minimum atomic E-state index is -0.748. The number of nitrogens with zero attached hydrogens (tertiary/aromatic N) is 4.